The number of nitrogens with zero attached hydrogens (tertiary/aromatic N) is 4. The summed E-state index contributed by atoms with van der Waals surface area (Å²) < 4.78 is 53.5. The van der Waals surface area contributed by atoms with Gasteiger partial charge in [-0.25, -0.2) is 9.48 Å². The quantitative estimate of drug-likeness (QED) is 0.525. The Hall–Kier alpha value is -3.96. The minimum atomic E-state index is -4.75. The van der Waals surface area contributed by atoms with Gasteiger partial charge in [0.2, 0.25) is 11.6 Å². The molecule has 9 nitrogen and oxygen atoms in total. The molecule has 12 heteroatoms. The second-order valence-corrected chi connectivity index (χ2v) is 7.57. The Kier molecular flexibility index (Phi) is 6.48. The van der Waals surface area contributed by atoms with Crippen molar-refractivity contribution in [3.05, 3.63) is 59.8 Å². The van der Waals surface area contributed by atoms with Gasteiger partial charge >= 0.3 is 12.3 Å². The fourth-order valence-corrected chi connectivity index (χ4v) is 3.64. The molecule has 2 aromatic carbocycles. The van der Waals surface area contributed by atoms with E-state index in [2.05, 4.69) is 15.0 Å². The summed E-state index contributed by atoms with van der Waals surface area (Å²) in [5.74, 6) is -0.827. The van der Waals surface area contributed by atoms with Crippen molar-refractivity contribution < 1.29 is 37.3 Å². The van der Waals surface area contributed by atoms with Gasteiger partial charge in [-0.05, 0) is 42.0 Å². The number of hydrogen-bond donors (Lipinski definition) is 1. The van der Waals surface area contributed by atoms with Crippen molar-refractivity contribution in [1.29, 1.82) is 0 Å². The molecule has 0 radical (unpaired) electrons. The van der Waals surface area contributed by atoms with E-state index in [0.717, 1.165) is 5.56 Å². The van der Waals surface area contributed by atoms with Gasteiger partial charge in [0, 0.05) is 18.7 Å². The van der Waals surface area contributed by atoms with Gasteiger partial charge in [0.15, 0.2) is 0 Å². The first-order chi connectivity index (χ1) is 16.2. The highest BCUT2D eigenvalue weighted by Crippen LogP contribution is 2.29. The number of methoxy groups -OCH3 is 1. The number of benzene rings is 2. The lowest BCUT2D eigenvalue weighted by Crippen LogP contribution is -2.26. The van der Waals surface area contributed by atoms with Crippen molar-refractivity contribution in [2.75, 3.05) is 25.1 Å². The van der Waals surface area contributed by atoms with E-state index < -0.39 is 12.3 Å². The maximum atomic E-state index is 12.4. The van der Waals surface area contributed by atoms with Gasteiger partial charge in [-0.1, -0.05) is 17.3 Å². The first kappa shape index (κ1) is 23.2. The molecule has 1 unspecified atom stereocenters. The summed E-state index contributed by atoms with van der Waals surface area (Å²) >= 11 is 0. The van der Waals surface area contributed by atoms with Crippen molar-refractivity contribution in [1.82, 2.24) is 15.0 Å². The summed E-state index contributed by atoms with van der Waals surface area (Å²) in [7, 11) is 1.56. The molecule has 2 heterocycles. The molecule has 1 aliphatic heterocycles. The molecule has 0 aliphatic carbocycles. The molecule has 1 fully saturated rings. The van der Waals surface area contributed by atoms with E-state index in [0.29, 0.717) is 30.9 Å². The zero-order valence-electron chi connectivity index (χ0n) is 18.0. The molecule has 34 heavy (non-hydrogen) atoms. The maximum Gasteiger partial charge on any atom is 0.573 e. The Morgan fingerprint density at radius 3 is 2.41 bits per heavy atom. The topological polar surface area (TPSA) is 98.9 Å². The van der Waals surface area contributed by atoms with Crippen molar-refractivity contribution in [2.45, 2.75) is 25.4 Å². The second-order valence-electron chi connectivity index (χ2n) is 7.57. The van der Waals surface area contributed by atoms with E-state index in [1.807, 2.05) is 17.0 Å². The second kappa shape index (κ2) is 9.49. The Morgan fingerprint density at radius 2 is 1.79 bits per heavy atom. The van der Waals surface area contributed by atoms with Crippen LogP contribution in [-0.2, 0) is 6.54 Å². The van der Waals surface area contributed by atoms with E-state index in [-0.39, 0.29) is 30.0 Å². The highest BCUT2D eigenvalue weighted by molar-refractivity contribution is 5.87. The maximum absolute atomic E-state index is 12.4. The number of anilines is 1. The zero-order chi connectivity index (χ0) is 24.3. The van der Waals surface area contributed by atoms with E-state index in [9.17, 15) is 23.1 Å². The van der Waals surface area contributed by atoms with Crippen molar-refractivity contribution >= 4 is 11.7 Å². The van der Waals surface area contributed by atoms with Crippen LogP contribution in [0, 0.1) is 0 Å². The summed E-state index contributed by atoms with van der Waals surface area (Å²) in [5, 5.41) is 17.2. The van der Waals surface area contributed by atoms with E-state index >= 15 is 0 Å². The van der Waals surface area contributed by atoms with Gasteiger partial charge in [-0.3, -0.25) is 0 Å². The number of hydrogen-bond acceptors (Lipinski definition) is 7. The fourth-order valence-electron chi connectivity index (χ4n) is 3.64. The standard InChI is InChI=1S/C22H21F3N4O5/c1-32-16-6-2-14(3-7-16)12-29-20(19(21(30)31)26-27-29)33-18-10-11-28(13-18)15-4-8-17(9-5-15)34-22(23,24)25/h2-9,18H,10-13H2,1H3,(H,30,31). The largest absolute Gasteiger partial charge is 0.573 e. The van der Waals surface area contributed by atoms with Crippen molar-refractivity contribution in [2.24, 2.45) is 0 Å². The summed E-state index contributed by atoms with van der Waals surface area (Å²) in [6, 6.07) is 12.8. The van der Waals surface area contributed by atoms with Gasteiger partial charge in [0.05, 0.1) is 20.2 Å². The van der Waals surface area contributed by atoms with Gasteiger partial charge < -0.3 is 24.2 Å². The first-order valence-electron chi connectivity index (χ1n) is 10.3. The summed E-state index contributed by atoms with van der Waals surface area (Å²) in [5.41, 5.74) is 1.26. The average Bonchev–Trinajstić information content (AvgIpc) is 3.42. The van der Waals surface area contributed by atoms with Gasteiger partial charge in [-0.2, -0.15) is 0 Å². The van der Waals surface area contributed by atoms with Crippen LogP contribution in [0.2, 0.25) is 0 Å². The monoisotopic (exact) mass is 478 g/mol. The number of halogens is 3. The highest BCUT2D eigenvalue weighted by atomic mass is 19.4. The number of carboxylic acid groups (broad SMARTS) is 1. The molecule has 1 atom stereocenters. The lowest BCUT2D eigenvalue weighted by atomic mass is 10.2. The molecule has 180 valence electrons. The third kappa shape index (κ3) is 5.50. The average molecular weight is 478 g/mol. The van der Waals surface area contributed by atoms with Gasteiger partial charge in [0.25, 0.3) is 0 Å². The van der Waals surface area contributed by atoms with Crippen LogP contribution < -0.4 is 19.1 Å². The lowest BCUT2D eigenvalue weighted by molar-refractivity contribution is -0.274. The third-order valence-electron chi connectivity index (χ3n) is 5.24. The molecular formula is C22H21F3N4O5. The van der Waals surface area contributed by atoms with Gasteiger partial charge in [-0.15, -0.1) is 18.3 Å². The molecule has 1 N–H and O–H groups in total. The van der Waals surface area contributed by atoms with Crippen LogP contribution in [0.25, 0.3) is 0 Å². The molecule has 1 saturated heterocycles. The number of carboxylic acids is 1. The summed E-state index contributed by atoms with van der Waals surface area (Å²) in [4.78, 5) is 13.6. The molecule has 1 aromatic heterocycles. The SMILES string of the molecule is COc1ccc(Cn2nnc(C(=O)O)c2OC2CCN(c3ccc(OC(F)(F)F)cc3)C2)cc1. The molecule has 3 aromatic rings. The molecule has 0 saturated carbocycles. The normalized spacial score (nSPS) is 15.9. The first-order valence-corrected chi connectivity index (χ1v) is 10.3. The molecule has 1 aliphatic rings. The number of carbonyl (C=O) groups is 1. The Morgan fingerprint density at radius 1 is 1.12 bits per heavy atom. The zero-order valence-corrected chi connectivity index (χ0v) is 18.0. The fraction of sp³-hybridized carbons (Fsp3) is 0.318. The van der Waals surface area contributed by atoms with Crippen LogP contribution in [0.1, 0.15) is 22.5 Å². The smallest absolute Gasteiger partial charge is 0.497 e. The third-order valence-corrected chi connectivity index (χ3v) is 5.24. The summed E-state index contributed by atoms with van der Waals surface area (Å²) in [6.07, 6.45) is -4.54. The predicted molar refractivity (Wildman–Crippen MR) is 113 cm³/mol. The number of ether oxygens (including phenoxy) is 3. The Labute approximate surface area is 192 Å². The lowest BCUT2D eigenvalue weighted by Gasteiger charge is -2.20. The number of rotatable bonds is 8. The number of alkyl halides is 3. The van der Waals surface area contributed by atoms with E-state index in [1.54, 1.807) is 19.2 Å². The van der Waals surface area contributed by atoms with Gasteiger partial charge in [0.1, 0.15) is 17.6 Å². The molecule has 0 spiro atoms. The molecular weight excluding hydrogens is 457 g/mol. The van der Waals surface area contributed by atoms with E-state index in [1.165, 1.54) is 28.9 Å². The van der Waals surface area contributed by atoms with E-state index in [4.69, 9.17) is 9.47 Å². The Balaban J connectivity index is 1.45. The van der Waals surface area contributed by atoms with Crippen molar-refractivity contribution in [3.63, 3.8) is 0 Å². The predicted octanol–water partition coefficient (Wildman–Crippen LogP) is 3.59. The Bertz CT molecular complexity index is 1130. The van der Waals surface area contributed by atoms with Crippen LogP contribution in [0.15, 0.2) is 48.5 Å². The minimum Gasteiger partial charge on any atom is -0.497 e. The van der Waals surface area contributed by atoms with Crippen LogP contribution in [0.5, 0.6) is 17.4 Å². The van der Waals surface area contributed by atoms with Crippen LogP contribution in [0.4, 0.5) is 18.9 Å². The molecule has 0 bridgehead atoms. The highest BCUT2D eigenvalue weighted by Gasteiger charge is 2.32. The minimum absolute atomic E-state index is 0.0455. The van der Waals surface area contributed by atoms with Crippen molar-refractivity contribution in [3.8, 4) is 17.4 Å². The van der Waals surface area contributed by atoms with Crippen LogP contribution >= 0.6 is 0 Å². The van der Waals surface area contributed by atoms with Crippen LogP contribution in [-0.4, -0.2) is 58.7 Å². The number of aromatic nitrogens is 3. The molecule has 0 amide bonds. The molecule has 4 rings (SSSR count). The summed E-state index contributed by atoms with van der Waals surface area (Å²) in [6.45, 7) is 1.23. The van der Waals surface area contributed by atoms with Crippen LogP contribution in [0.3, 0.4) is 0 Å². The number of aromatic carboxylic acids is 1.